The predicted octanol–water partition coefficient (Wildman–Crippen LogP) is 5.25. The molecule has 5 nitrogen and oxygen atoms in total. The molecule has 0 bridgehead atoms. The third-order valence-electron chi connectivity index (χ3n) is 5.01. The molecule has 0 aliphatic carbocycles. The smallest absolute Gasteiger partial charge is 0.311 e. The number of halogens is 2. The van der Waals surface area contributed by atoms with Crippen molar-refractivity contribution < 1.29 is 18.7 Å². The number of hydrogen-bond donors (Lipinski definition) is 1. The van der Waals surface area contributed by atoms with Crippen molar-refractivity contribution in [3.63, 3.8) is 0 Å². The Morgan fingerprint density at radius 2 is 1.93 bits per heavy atom. The molecule has 1 aromatic carbocycles. The van der Waals surface area contributed by atoms with E-state index in [1.165, 1.54) is 10.6 Å². The predicted molar refractivity (Wildman–Crippen MR) is 107 cm³/mol. The molecular weight excluding hydrogens is 376 g/mol. The van der Waals surface area contributed by atoms with Crippen molar-refractivity contribution in [2.24, 2.45) is 0 Å². The number of aromatic nitrogens is 3. The Labute approximate surface area is 168 Å². The number of benzene rings is 1. The summed E-state index contributed by atoms with van der Waals surface area (Å²) in [4.78, 5) is 16.6. The largest absolute Gasteiger partial charge is 0.481 e. The van der Waals surface area contributed by atoms with E-state index in [4.69, 9.17) is 0 Å². The Bertz CT molecular complexity index is 1080. The van der Waals surface area contributed by atoms with Crippen LogP contribution in [-0.4, -0.2) is 25.7 Å². The van der Waals surface area contributed by atoms with Crippen molar-refractivity contribution in [2.45, 2.75) is 58.8 Å². The number of aryl methyl sites for hydroxylation is 1. The summed E-state index contributed by atoms with van der Waals surface area (Å²) < 4.78 is 29.9. The molecule has 0 spiro atoms. The topological polar surface area (TPSA) is 67.5 Å². The van der Waals surface area contributed by atoms with Crippen molar-refractivity contribution in [1.82, 2.24) is 14.6 Å². The van der Waals surface area contributed by atoms with Crippen molar-refractivity contribution in [3.05, 3.63) is 52.9 Å². The van der Waals surface area contributed by atoms with Gasteiger partial charge in [0.15, 0.2) is 5.65 Å². The first-order valence-corrected chi connectivity index (χ1v) is 9.63. The van der Waals surface area contributed by atoms with Gasteiger partial charge in [-0.2, -0.15) is 5.10 Å². The average molecular weight is 401 g/mol. The van der Waals surface area contributed by atoms with Crippen LogP contribution in [0.4, 0.5) is 8.78 Å². The van der Waals surface area contributed by atoms with Gasteiger partial charge in [0, 0.05) is 34.4 Å². The van der Waals surface area contributed by atoms with E-state index in [0.29, 0.717) is 35.4 Å². The fourth-order valence-electron chi connectivity index (χ4n) is 3.54. The lowest BCUT2D eigenvalue weighted by Gasteiger charge is -2.20. The van der Waals surface area contributed by atoms with Gasteiger partial charge in [-0.15, -0.1) is 0 Å². The highest BCUT2D eigenvalue weighted by Gasteiger charge is 2.30. The van der Waals surface area contributed by atoms with E-state index in [0.717, 1.165) is 17.8 Å². The van der Waals surface area contributed by atoms with Gasteiger partial charge in [-0.25, -0.2) is 18.3 Å². The molecule has 29 heavy (non-hydrogen) atoms. The first-order valence-electron chi connectivity index (χ1n) is 9.63. The zero-order chi connectivity index (χ0) is 21.5. The number of aliphatic carboxylic acids is 1. The highest BCUT2D eigenvalue weighted by atomic mass is 19.1. The molecule has 0 aliphatic heterocycles. The summed E-state index contributed by atoms with van der Waals surface area (Å²) in [6.45, 7) is 9.60. The average Bonchev–Trinajstić information content (AvgIpc) is 3.03. The Kier molecular flexibility index (Phi) is 5.43. The molecule has 7 heteroatoms. The molecule has 0 saturated heterocycles. The van der Waals surface area contributed by atoms with Crippen LogP contribution in [0.3, 0.4) is 0 Å². The molecule has 1 N–H and O–H groups in total. The molecule has 0 radical (unpaired) electrons. The quantitative estimate of drug-likeness (QED) is 0.634. The second-order valence-corrected chi connectivity index (χ2v) is 8.31. The summed E-state index contributed by atoms with van der Waals surface area (Å²) in [6, 6.07) is 5.10. The SMILES string of the molecule is CCCC(C(=O)O)c1c(C)nc2cc(C(C)(C)C)nn2c1-c1ccc(F)cc1F. The lowest BCUT2D eigenvalue weighted by Crippen LogP contribution is -2.18. The van der Waals surface area contributed by atoms with Gasteiger partial charge in [-0.1, -0.05) is 34.1 Å². The fraction of sp³-hybridized carbons (Fsp3) is 0.409. The van der Waals surface area contributed by atoms with Crippen LogP contribution in [0.25, 0.3) is 16.9 Å². The molecule has 1 unspecified atom stereocenters. The Morgan fingerprint density at radius 1 is 1.24 bits per heavy atom. The van der Waals surface area contributed by atoms with Gasteiger partial charge >= 0.3 is 5.97 Å². The normalized spacial score (nSPS) is 13.1. The molecule has 2 heterocycles. The first-order chi connectivity index (χ1) is 13.5. The molecule has 0 fully saturated rings. The van der Waals surface area contributed by atoms with Crippen molar-refractivity contribution in [1.29, 1.82) is 0 Å². The van der Waals surface area contributed by atoms with Gasteiger partial charge in [-0.3, -0.25) is 4.79 Å². The second kappa shape index (κ2) is 7.54. The number of carboxylic acid groups (broad SMARTS) is 1. The van der Waals surface area contributed by atoms with Crippen LogP contribution in [0.1, 0.15) is 63.4 Å². The zero-order valence-corrected chi connectivity index (χ0v) is 17.3. The monoisotopic (exact) mass is 401 g/mol. The molecular formula is C22H25F2N3O2. The van der Waals surface area contributed by atoms with Gasteiger partial charge < -0.3 is 5.11 Å². The van der Waals surface area contributed by atoms with Gasteiger partial charge in [0.05, 0.1) is 17.3 Å². The summed E-state index contributed by atoms with van der Waals surface area (Å²) in [7, 11) is 0. The van der Waals surface area contributed by atoms with Crippen LogP contribution < -0.4 is 0 Å². The van der Waals surface area contributed by atoms with E-state index in [1.54, 1.807) is 6.92 Å². The molecule has 1 atom stereocenters. The summed E-state index contributed by atoms with van der Waals surface area (Å²) in [5, 5.41) is 14.5. The van der Waals surface area contributed by atoms with Crippen LogP contribution >= 0.6 is 0 Å². The fourth-order valence-corrected chi connectivity index (χ4v) is 3.54. The standard InChI is InChI=1S/C22H25F2N3O2/c1-6-7-15(21(28)29)19-12(2)25-18-11-17(22(3,4)5)26-27(18)20(19)14-9-8-13(23)10-16(14)24/h8-11,15H,6-7H2,1-5H3,(H,28,29). The zero-order valence-electron chi connectivity index (χ0n) is 17.3. The van der Waals surface area contributed by atoms with Gasteiger partial charge in [-0.05, 0) is 25.5 Å². The number of hydrogen-bond acceptors (Lipinski definition) is 3. The maximum atomic E-state index is 14.8. The van der Waals surface area contributed by atoms with Gasteiger partial charge in [0.2, 0.25) is 0 Å². The Hall–Kier alpha value is -2.83. The van der Waals surface area contributed by atoms with Crippen LogP contribution in [0.5, 0.6) is 0 Å². The van der Waals surface area contributed by atoms with Crippen LogP contribution in [0.2, 0.25) is 0 Å². The summed E-state index contributed by atoms with van der Waals surface area (Å²) >= 11 is 0. The lowest BCUT2D eigenvalue weighted by molar-refractivity contribution is -0.139. The highest BCUT2D eigenvalue weighted by Crippen LogP contribution is 2.36. The number of carbonyl (C=O) groups is 1. The minimum absolute atomic E-state index is 0.0998. The molecule has 0 aliphatic rings. The highest BCUT2D eigenvalue weighted by molar-refractivity contribution is 5.81. The van der Waals surface area contributed by atoms with Crippen molar-refractivity contribution >= 4 is 11.6 Å². The van der Waals surface area contributed by atoms with E-state index >= 15 is 0 Å². The molecule has 154 valence electrons. The van der Waals surface area contributed by atoms with E-state index in [2.05, 4.69) is 10.1 Å². The van der Waals surface area contributed by atoms with Crippen LogP contribution in [0.15, 0.2) is 24.3 Å². The van der Waals surface area contributed by atoms with Gasteiger partial charge in [0.1, 0.15) is 11.6 Å². The molecule has 3 aromatic rings. The van der Waals surface area contributed by atoms with E-state index in [1.807, 2.05) is 33.8 Å². The Balaban J connectivity index is 2.46. The molecule has 3 rings (SSSR count). The van der Waals surface area contributed by atoms with Gasteiger partial charge in [0.25, 0.3) is 0 Å². The van der Waals surface area contributed by atoms with Crippen molar-refractivity contribution in [2.75, 3.05) is 0 Å². The van der Waals surface area contributed by atoms with Crippen LogP contribution in [0, 0.1) is 18.6 Å². The summed E-state index contributed by atoms with van der Waals surface area (Å²) in [6.07, 6.45) is 0.999. The van der Waals surface area contributed by atoms with E-state index in [9.17, 15) is 18.7 Å². The van der Waals surface area contributed by atoms with Crippen LogP contribution in [-0.2, 0) is 10.2 Å². The summed E-state index contributed by atoms with van der Waals surface area (Å²) in [5.41, 5.74) is 2.27. The number of nitrogens with zero attached hydrogens (tertiary/aromatic N) is 3. The summed E-state index contributed by atoms with van der Waals surface area (Å²) in [5.74, 6) is -3.36. The third kappa shape index (κ3) is 3.86. The Morgan fingerprint density at radius 3 is 2.48 bits per heavy atom. The van der Waals surface area contributed by atoms with E-state index in [-0.39, 0.29) is 11.0 Å². The first kappa shape index (κ1) is 20.9. The molecule has 2 aromatic heterocycles. The minimum Gasteiger partial charge on any atom is -0.481 e. The lowest BCUT2D eigenvalue weighted by atomic mass is 9.89. The number of carboxylic acids is 1. The third-order valence-corrected chi connectivity index (χ3v) is 5.01. The maximum Gasteiger partial charge on any atom is 0.311 e. The number of rotatable bonds is 5. The molecule has 0 saturated carbocycles. The maximum absolute atomic E-state index is 14.8. The molecule has 0 amide bonds. The number of fused-ring (bicyclic) bond motifs is 1. The minimum atomic E-state index is -1.01. The van der Waals surface area contributed by atoms with Crippen molar-refractivity contribution in [3.8, 4) is 11.3 Å². The van der Waals surface area contributed by atoms with E-state index < -0.39 is 23.5 Å². The second-order valence-electron chi connectivity index (χ2n) is 8.31.